The highest BCUT2D eigenvalue weighted by Crippen LogP contribution is 2.34. The molecule has 26 heavy (non-hydrogen) atoms. The van der Waals surface area contributed by atoms with Gasteiger partial charge in [0.25, 0.3) is 11.8 Å². The van der Waals surface area contributed by atoms with Crippen molar-refractivity contribution in [2.24, 2.45) is 0 Å². The number of nitrogens with one attached hydrogen (secondary N) is 2. The van der Waals surface area contributed by atoms with E-state index in [1.807, 2.05) is 0 Å². The van der Waals surface area contributed by atoms with Crippen LogP contribution in [0.15, 0.2) is 22.8 Å². The van der Waals surface area contributed by atoms with Crippen LogP contribution in [-0.4, -0.2) is 47.4 Å². The van der Waals surface area contributed by atoms with Crippen LogP contribution >= 0.6 is 0 Å². The minimum Gasteiger partial charge on any atom is -0.467 e. The van der Waals surface area contributed by atoms with Crippen molar-refractivity contribution in [3.8, 4) is 0 Å². The average Bonchev–Trinajstić information content (AvgIpc) is 3.32. The van der Waals surface area contributed by atoms with E-state index in [0.717, 1.165) is 17.7 Å². The van der Waals surface area contributed by atoms with Crippen LogP contribution in [0, 0.1) is 0 Å². The summed E-state index contributed by atoms with van der Waals surface area (Å²) >= 11 is 0. The molecule has 140 valence electrons. The zero-order chi connectivity index (χ0) is 18.7. The molecule has 0 aromatic carbocycles. The summed E-state index contributed by atoms with van der Waals surface area (Å²) in [5, 5.41) is 5.30. The van der Waals surface area contributed by atoms with Crippen LogP contribution in [0.3, 0.4) is 0 Å². The first-order chi connectivity index (χ1) is 12.4. The molecule has 0 bridgehead atoms. The number of esters is 1. The summed E-state index contributed by atoms with van der Waals surface area (Å²) in [6.45, 7) is 0.721. The summed E-state index contributed by atoms with van der Waals surface area (Å²) < 4.78 is 10.0. The van der Waals surface area contributed by atoms with Crippen molar-refractivity contribution in [3.63, 3.8) is 0 Å². The van der Waals surface area contributed by atoms with Gasteiger partial charge >= 0.3 is 12.0 Å². The molecule has 0 unspecified atom stereocenters. The smallest absolute Gasteiger partial charge is 0.326 e. The summed E-state index contributed by atoms with van der Waals surface area (Å²) in [6.07, 6.45) is 4.37. The largest absolute Gasteiger partial charge is 0.467 e. The van der Waals surface area contributed by atoms with Crippen LogP contribution in [0.25, 0.3) is 0 Å². The number of carbonyl (C=O) groups excluding carboxylic acids is 4. The van der Waals surface area contributed by atoms with Gasteiger partial charge in [0.2, 0.25) is 0 Å². The first kappa shape index (κ1) is 18.0. The number of carbonyl (C=O) groups is 4. The highest BCUT2D eigenvalue weighted by molar-refractivity contribution is 6.08. The third kappa shape index (κ3) is 3.56. The fourth-order valence-corrected chi connectivity index (χ4v) is 3.35. The maximum absolute atomic E-state index is 12.4. The van der Waals surface area contributed by atoms with Gasteiger partial charge in [-0.25, -0.2) is 4.79 Å². The summed E-state index contributed by atoms with van der Waals surface area (Å²) in [5.41, 5.74) is -0.868. The fraction of sp³-hybridized carbons (Fsp3) is 0.529. The highest BCUT2D eigenvalue weighted by Gasteiger charge is 2.52. The highest BCUT2D eigenvalue weighted by atomic mass is 16.5. The Hall–Kier alpha value is -2.84. The van der Waals surface area contributed by atoms with Crippen molar-refractivity contribution in [1.29, 1.82) is 0 Å². The van der Waals surface area contributed by atoms with Crippen molar-refractivity contribution < 1.29 is 28.3 Å². The monoisotopic (exact) mass is 363 g/mol. The molecule has 1 saturated heterocycles. The molecule has 0 radical (unpaired) electrons. The maximum atomic E-state index is 12.4. The van der Waals surface area contributed by atoms with E-state index >= 15 is 0 Å². The molecule has 1 saturated carbocycles. The van der Waals surface area contributed by atoms with Gasteiger partial charge in [-0.3, -0.25) is 19.3 Å². The second-order valence-corrected chi connectivity index (χ2v) is 6.58. The Morgan fingerprint density at radius 3 is 2.77 bits per heavy atom. The Bertz CT molecular complexity index is 708. The van der Waals surface area contributed by atoms with E-state index in [-0.39, 0.29) is 6.04 Å². The zero-order valence-electron chi connectivity index (χ0n) is 14.4. The van der Waals surface area contributed by atoms with Crippen LogP contribution < -0.4 is 10.6 Å². The molecule has 1 atom stereocenters. The minimum absolute atomic E-state index is 0.371. The van der Waals surface area contributed by atoms with E-state index in [2.05, 4.69) is 10.6 Å². The first-order valence-electron chi connectivity index (χ1n) is 8.54. The third-order valence-electron chi connectivity index (χ3n) is 4.70. The van der Waals surface area contributed by atoms with Gasteiger partial charge in [-0.05, 0) is 31.9 Å². The van der Waals surface area contributed by atoms with Gasteiger partial charge in [-0.2, -0.15) is 0 Å². The molecule has 1 aliphatic carbocycles. The quantitative estimate of drug-likeness (QED) is 0.572. The Labute approximate surface area is 150 Å². The molecule has 9 heteroatoms. The van der Waals surface area contributed by atoms with Crippen molar-refractivity contribution in [3.05, 3.63) is 24.2 Å². The van der Waals surface area contributed by atoms with E-state index in [4.69, 9.17) is 9.15 Å². The van der Waals surface area contributed by atoms with Crippen LogP contribution in [0.2, 0.25) is 0 Å². The Morgan fingerprint density at radius 2 is 2.12 bits per heavy atom. The van der Waals surface area contributed by atoms with Gasteiger partial charge in [0.05, 0.1) is 12.3 Å². The molecule has 1 spiro atoms. The molecule has 3 rings (SSSR count). The molecule has 2 aliphatic rings. The predicted molar refractivity (Wildman–Crippen MR) is 87.7 cm³/mol. The predicted octanol–water partition coefficient (Wildman–Crippen LogP) is 0.865. The standard InChI is InChI=1S/C17H21N3O6/c1-11(12-5-4-8-25-12)18-13(21)10-26-14(22)9-20-15(23)17(19-16(20)24)6-2-3-7-17/h4-5,8,11H,2-3,6-7,9-10H2,1H3,(H,18,21)(H,19,24)/t11-/m1/s1. The number of nitrogens with zero attached hydrogens (tertiary/aromatic N) is 1. The number of ether oxygens (including phenoxy) is 1. The molecule has 1 aromatic heterocycles. The molecule has 1 aromatic rings. The van der Waals surface area contributed by atoms with Gasteiger partial charge in [-0.1, -0.05) is 12.8 Å². The average molecular weight is 363 g/mol. The second-order valence-electron chi connectivity index (χ2n) is 6.58. The lowest BCUT2D eigenvalue weighted by Gasteiger charge is -2.19. The van der Waals surface area contributed by atoms with Gasteiger partial charge in [-0.15, -0.1) is 0 Å². The molecule has 2 fully saturated rings. The van der Waals surface area contributed by atoms with Gasteiger partial charge in [0.1, 0.15) is 17.8 Å². The van der Waals surface area contributed by atoms with E-state index < -0.39 is 42.5 Å². The number of hydrogen-bond acceptors (Lipinski definition) is 6. The molecular weight excluding hydrogens is 342 g/mol. The summed E-state index contributed by atoms with van der Waals surface area (Å²) in [4.78, 5) is 49.0. The normalized spacial score (nSPS) is 19.5. The summed E-state index contributed by atoms with van der Waals surface area (Å²) in [7, 11) is 0. The van der Waals surface area contributed by atoms with Crippen LogP contribution in [-0.2, 0) is 19.1 Å². The molecule has 1 aliphatic heterocycles. The molecule has 2 N–H and O–H groups in total. The Morgan fingerprint density at radius 1 is 1.38 bits per heavy atom. The lowest BCUT2D eigenvalue weighted by Crippen LogP contribution is -2.44. The fourth-order valence-electron chi connectivity index (χ4n) is 3.35. The third-order valence-corrected chi connectivity index (χ3v) is 4.70. The van der Waals surface area contributed by atoms with Crippen LogP contribution in [0.4, 0.5) is 4.79 Å². The molecule has 2 heterocycles. The lowest BCUT2D eigenvalue weighted by molar-refractivity contribution is -0.151. The second kappa shape index (κ2) is 7.19. The molecule has 9 nitrogen and oxygen atoms in total. The van der Waals surface area contributed by atoms with Crippen molar-refractivity contribution in [2.45, 2.75) is 44.2 Å². The van der Waals surface area contributed by atoms with E-state index in [9.17, 15) is 19.2 Å². The van der Waals surface area contributed by atoms with Gasteiger partial charge in [0, 0.05) is 0 Å². The number of furan rings is 1. The Balaban J connectivity index is 1.46. The summed E-state index contributed by atoms with van der Waals surface area (Å²) in [6, 6.07) is 2.45. The minimum atomic E-state index is -0.868. The van der Waals surface area contributed by atoms with E-state index in [1.165, 1.54) is 6.26 Å². The number of imide groups is 1. The molecule has 4 amide bonds. The zero-order valence-corrected chi connectivity index (χ0v) is 14.4. The van der Waals surface area contributed by atoms with Gasteiger partial charge < -0.3 is 19.8 Å². The van der Waals surface area contributed by atoms with Crippen LogP contribution in [0.5, 0.6) is 0 Å². The Kier molecular flexibility index (Phi) is 4.97. The SMILES string of the molecule is C[C@@H](NC(=O)COC(=O)CN1C(=O)NC2(CCCC2)C1=O)c1ccco1. The topological polar surface area (TPSA) is 118 Å². The maximum Gasteiger partial charge on any atom is 0.326 e. The van der Waals surface area contributed by atoms with Crippen molar-refractivity contribution >= 4 is 23.8 Å². The van der Waals surface area contributed by atoms with Crippen molar-refractivity contribution in [1.82, 2.24) is 15.5 Å². The first-order valence-corrected chi connectivity index (χ1v) is 8.54. The number of rotatable bonds is 6. The van der Waals surface area contributed by atoms with E-state index in [0.29, 0.717) is 18.6 Å². The summed E-state index contributed by atoms with van der Waals surface area (Å²) in [5.74, 6) is -1.14. The van der Waals surface area contributed by atoms with E-state index in [1.54, 1.807) is 19.1 Å². The number of urea groups is 1. The number of amides is 4. The molecular formula is C17H21N3O6. The lowest BCUT2D eigenvalue weighted by atomic mass is 9.98. The van der Waals surface area contributed by atoms with Gasteiger partial charge in [0.15, 0.2) is 6.61 Å². The van der Waals surface area contributed by atoms with Crippen molar-refractivity contribution in [2.75, 3.05) is 13.2 Å². The number of hydrogen-bond donors (Lipinski definition) is 2. The van der Waals surface area contributed by atoms with Crippen LogP contribution in [0.1, 0.15) is 44.4 Å².